The smallest absolute Gasteiger partial charge is 0.411 e. The molecule has 3 N–H and O–H groups in total. The molecule has 1 fully saturated rings. The van der Waals surface area contributed by atoms with Crippen LogP contribution in [0.25, 0.3) is 0 Å². The van der Waals surface area contributed by atoms with Gasteiger partial charge in [0.1, 0.15) is 54.1 Å². The molecule has 310 valence electrons. The number of methoxy groups -OCH3 is 2. The zero-order chi connectivity index (χ0) is 42.0. The maximum Gasteiger partial charge on any atom is 0.411 e. The third-order valence-electron chi connectivity index (χ3n) is 9.81. The van der Waals surface area contributed by atoms with Gasteiger partial charge in [-0.25, -0.2) is 9.98 Å². The molecule has 1 saturated heterocycles. The number of rotatable bonds is 14. The van der Waals surface area contributed by atoms with E-state index in [0.717, 1.165) is 6.34 Å². The lowest BCUT2D eigenvalue weighted by atomic mass is 9.80. The van der Waals surface area contributed by atoms with Crippen molar-refractivity contribution in [1.29, 1.82) is 0 Å². The lowest BCUT2D eigenvalue weighted by Gasteiger charge is -2.37. The highest BCUT2D eigenvalue weighted by Crippen LogP contribution is 2.43. The van der Waals surface area contributed by atoms with Gasteiger partial charge in [0.2, 0.25) is 11.6 Å². The molecule has 3 aromatic carbocycles. The first kappa shape index (κ1) is 42.2. The summed E-state index contributed by atoms with van der Waals surface area (Å²) in [6, 6.07) is 23.0. The number of fused-ring (bicyclic) bond motifs is 1. The monoisotopic (exact) mass is 821 g/mol. The second-order valence-corrected chi connectivity index (χ2v) is 13.2. The SMILES string of the molecule is COc1ccc(C(OC[C@H]2O[C@@H](N3CN=C4C3=NC=NC4(N)C(C)=O)[C@H](OCOC(=O)C(C(F)(F)F)C(F)(F)F)[C@@H]2O)(c2ccccc2)c2ccc(OC)cc2)cc1. The number of aliphatic hydroxyl groups excluding tert-OH is 1. The van der Waals surface area contributed by atoms with Gasteiger partial charge in [-0.3, -0.25) is 20.3 Å². The molecule has 0 saturated carbocycles. The van der Waals surface area contributed by atoms with Crippen molar-refractivity contribution in [2.45, 2.75) is 55.1 Å². The minimum atomic E-state index is -6.02. The van der Waals surface area contributed by atoms with Gasteiger partial charge in [0.15, 0.2) is 24.6 Å². The number of aliphatic imine (C=N–C) groups is 3. The Bertz CT molecular complexity index is 1990. The van der Waals surface area contributed by atoms with Crippen molar-refractivity contribution >= 4 is 29.6 Å². The van der Waals surface area contributed by atoms with Crippen LogP contribution in [0.4, 0.5) is 26.3 Å². The number of ether oxygens (including phenoxy) is 6. The summed E-state index contributed by atoms with van der Waals surface area (Å²) in [6.45, 7) is -1.04. The lowest BCUT2D eigenvalue weighted by molar-refractivity contribution is -0.285. The van der Waals surface area contributed by atoms with Gasteiger partial charge in [-0.1, -0.05) is 54.6 Å². The predicted octanol–water partition coefficient (Wildman–Crippen LogP) is 4.12. The summed E-state index contributed by atoms with van der Waals surface area (Å²) >= 11 is 0. The first-order valence-corrected chi connectivity index (χ1v) is 17.4. The number of Topliss-reactive ketones (excluding diaryl/α,β-unsaturated/α-hetero) is 1. The van der Waals surface area contributed by atoms with Gasteiger partial charge in [0.25, 0.3) is 0 Å². The summed E-state index contributed by atoms with van der Waals surface area (Å²) < 4.78 is 113. The molecule has 0 aromatic heterocycles. The fraction of sp³-hybridized carbons (Fsp3) is 0.395. The number of esters is 1. The molecule has 1 unspecified atom stereocenters. The Balaban J connectivity index is 1.35. The first-order chi connectivity index (χ1) is 27.4. The average molecular weight is 822 g/mol. The van der Waals surface area contributed by atoms with Gasteiger partial charge in [-0.2, -0.15) is 26.3 Å². The van der Waals surface area contributed by atoms with Crippen LogP contribution < -0.4 is 15.2 Å². The Morgan fingerprint density at radius 2 is 1.47 bits per heavy atom. The van der Waals surface area contributed by atoms with E-state index in [1.165, 1.54) is 26.0 Å². The van der Waals surface area contributed by atoms with Crippen LogP contribution >= 0.6 is 0 Å². The minimum absolute atomic E-state index is 0.0404. The van der Waals surface area contributed by atoms with Crippen LogP contribution in [0.2, 0.25) is 0 Å². The number of carbonyl (C=O) groups is 2. The maximum absolute atomic E-state index is 13.3. The van der Waals surface area contributed by atoms with E-state index in [4.69, 9.17) is 29.4 Å². The molecule has 3 aromatic rings. The van der Waals surface area contributed by atoms with Crippen molar-refractivity contribution in [3.63, 3.8) is 0 Å². The van der Waals surface area contributed by atoms with Crippen molar-refractivity contribution in [2.24, 2.45) is 26.6 Å². The first-order valence-electron chi connectivity index (χ1n) is 17.4. The molecule has 58 heavy (non-hydrogen) atoms. The van der Waals surface area contributed by atoms with E-state index in [9.17, 15) is 41.0 Å². The van der Waals surface area contributed by atoms with Crippen molar-refractivity contribution in [3.8, 4) is 11.5 Å². The normalized spacial score (nSPS) is 23.3. The van der Waals surface area contributed by atoms with Crippen molar-refractivity contribution in [3.05, 3.63) is 95.6 Å². The summed E-state index contributed by atoms with van der Waals surface area (Å²) in [4.78, 5) is 38.4. The highest BCUT2D eigenvalue weighted by molar-refractivity contribution is 6.51. The fourth-order valence-corrected chi connectivity index (χ4v) is 6.82. The van der Waals surface area contributed by atoms with E-state index >= 15 is 0 Å². The number of alkyl halides is 6. The number of halogens is 6. The standard InChI is InChI=1S/C38H37F6N5O9/c1-21(50)36(45)31-32(46-18-48-36)49(19-47-31)33-29(55-20-56-34(52)30(37(39,40)41)38(42,43)44)28(51)27(58-33)17-57-35(22-7-5-4-6-8-22,23-9-13-25(53-2)14-10-23)24-11-15-26(54-3)16-12-24/h4-16,18,27-30,33,51H,17,19-20,45H2,1-3H3/t27-,28-,29-,33-,36?/m1/s1. The lowest BCUT2D eigenvalue weighted by Crippen LogP contribution is -2.59. The molecule has 20 heteroatoms. The number of nitrogens with two attached hydrogens (primary N) is 1. The third kappa shape index (κ3) is 8.01. The second-order valence-electron chi connectivity index (χ2n) is 13.2. The van der Waals surface area contributed by atoms with E-state index in [2.05, 4.69) is 19.7 Å². The van der Waals surface area contributed by atoms with Crippen LogP contribution in [-0.4, -0.2) is 116 Å². The van der Waals surface area contributed by atoms with E-state index in [1.54, 1.807) is 66.7 Å². The van der Waals surface area contributed by atoms with Gasteiger partial charge < -0.3 is 38.4 Å². The third-order valence-corrected chi connectivity index (χ3v) is 9.81. The molecular weight excluding hydrogens is 784 g/mol. The molecule has 3 heterocycles. The number of hydrogen-bond acceptors (Lipinski definition) is 14. The van der Waals surface area contributed by atoms with Crippen molar-refractivity contribution in [1.82, 2.24) is 4.90 Å². The van der Waals surface area contributed by atoms with Gasteiger partial charge in [0.05, 0.1) is 20.8 Å². The minimum Gasteiger partial charge on any atom is -0.497 e. The Hall–Kier alpha value is -5.41. The predicted molar refractivity (Wildman–Crippen MR) is 192 cm³/mol. The van der Waals surface area contributed by atoms with Crippen LogP contribution in [0, 0.1) is 5.92 Å². The van der Waals surface area contributed by atoms with Crippen LogP contribution in [0.1, 0.15) is 23.6 Å². The maximum atomic E-state index is 13.3. The molecule has 0 amide bonds. The molecule has 14 nitrogen and oxygen atoms in total. The summed E-state index contributed by atoms with van der Waals surface area (Å²) in [5.74, 6) is -6.68. The van der Waals surface area contributed by atoms with E-state index < -0.39 is 79.2 Å². The number of ketones is 1. The number of nitrogens with zero attached hydrogens (tertiary/aromatic N) is 4. The number of amidine groups is 1. The molecule has 3 aliphatic heterocycles. The van der Waals surface area contributed by atoms with Gasteiger partial charge in [-0.15, -0.1) is 0 Å². The molecule has 5 atom stereocenters. The fourth-order valence-electron chi connectivity index (χ4n) is 6.82. The number of aliphatic hydroxyl groups is 1. The Morgan fingerprint density at radius 3 is 1.98 bits per heavy atom. The zero-order valence-electron chi connectivity index (χ0n) is 30.9. The summed E-state index contributed by atoms with van der Waals surface area (Å²) in [6.07, 6.45) is -17.3. The quantitative estimate of drug-likeness (QED) is 0.104. The van der Waals surface area contributed by atoms with Crippen molar-refractivity contribution in [2.75, 3.05) is 34.3 Å². The Labute approximate surface area is 326 Å². The Morgan fingerprint density at radius 1 is 0.914 bits per heavy atom. The number of carbonyl (C=O) groups excluding carboxylic acids is 2. The molecule has 3 aliphatic rings. The molecule has 0 aliphatic carbocycles. The molecular formula is C38H37F6N5O9. The van der Waals surface area contributed by atoms with Crippen LogP contribution in [-0.2, 0) is 34.1 Å². The van der Waals surface area contributed by atoms with Crippen molar-refractivity contribution < 1.29 is 69.5 Å². The Kier molecular flexibility index (Phi) is 12.0. The van der Waals surface area contributed by atoms with E-state index in [1.807, 2.05) is 12.1 Å². The van der Waals surface area contributed by atoms with E-state index in [0.29, 0.717) is 28.2 Å². The molecule has 6 rings (SSSR count). The largest absolute Gasteiger partial charge is 0.497 e. The summed E-state index contributed by atoms with van der Waals surface area (Å²) in [5.41, 5.74) is 4.65. The second kappa shape index (κ2) is 16.5. The molecule has 0 spiro atoms. The van der Waals surface area contributed by atoms with E-state index in [-0.39, 0.29) is 18.2 Å². The van der Waals surface area contributed by atoms with Crippen LogP contribution in [0.5, 0.6) is 11.5 Å². The molecule has 0 radical (unpaired) electrons. The van der Waals surface area contributed by atoms with Gasteiger partial charge >= 0.3 is 18.3 Å². The number of hydrogen-bond donors (Lipinski definition) is 2. The average Bonchev–Trinajstić information content (AvgIpc) is 3.76. The summed E-state index contributed by atoms with van der Waals surface area (Å²) in [5, 5.41) is 11.8. The highest BCUT2D eigenvalue weighted by atomic mass is 19.4. The number of benzene rings is 3. The topological polar surface area (TPSA) is 176 Å². The molecule has 0 bridgehead atoms. The highest BCUT2D eigenvalue weighted by Gasteiger charge is 2.62. The summed E-state index contributed by atoms with van der Waals surface area (Å²) in [7, 11) is 3.01. The van der Waals surface area contributed by atoms with Gasteiger partial charge in [0, 0.05) is 0 Å². The van der Waals surface area contributed by atoms with Gasteiger partial charge in [-0.05, 0) is 47.9 Å². The van der Waals surface area contributed by atoms with Crippen LogP contribution in [0.3, 0.4) is 0 Å². The van der Waals surface area contributed by atoms with Crippen LogP contribution in [0.15, 0.2) is 93.8 Å². The zero-order valence-corrected chi connectivity index (χ0v) is 30.9.